The maximum atomic E-state index is 6.09. The minimum absolute atomic E-state index is 1.04. The summed E-state index contributed by atoms with van der Waals surface area (Å²) in [5.74, 6) is 6.09. The van der Waals surface area contributed by atoms with Gasteiger partial charge in [-0.25, -0.2) is 5.84 Å². The Hall–Kier alpha value is -2.33. The molecule has 0 aliphatic carbocycles. The van der Waals surface area contributed by atoms with Gasteiger partial charge < -0.3 is 4.90 Å². The second-order valence-corrected chi connectivity index (χ2v) is 9.40. The molecular formula is C27H38N3S+. The highest BCUT2D eigenvalue weighted by atomic mass is 32.1. The van der Waals surface area contributed by atoms with Crippen molar-refractivity contribution in [3.63, 3.8) is 0 Å². The standard InChI is InChI=1S/C27H38N3S/c1-3-5-7-10-20-29(21-11-8-6-4-2)24-16-14-23(15-17-24)26-18-19-27(31-26)25-13-9-12-22-30(25)28/h9,12-19,22H,3-8,10-11,20-21,28H2,1-2H3/q+1. The highest BCUT2D eigenvalue weighted by molar-refractivity contribution is 7.18. The first-order chi connectivity index (χ1) is 15.2. The summed E-state index contributed by atoms with van der Waals surface area (Å²) in [5, 5.41) is 0. The van der Waals surface area contributed by atoms with Gasteiger partial charge in [0.05, 0.1) is 0 Å². The zero-order valence-electron chi connectivity index (χ0n) is 19.2. The third-order valence-electron chi connectivity index (χ3n) is 5.83. The van der Waals surface area contributed by atoms with Crippen molar-refractivity contribution >= 4 is 17.0 Å². The predicted octanol–water partition coefficient (Wildman–Crippen LogP) is 7.05. The number of pyridine rings is 1. The van der Waals surface area contributed by atoms with E-state index in [0.29, 0.717) is 0 Å². The molecular weight excluding hydrogens is 398 g/mol. The van der Waals surface area contributed by atoms with E-state index in [-0.39, 0.29) is 0 Å². The first-order valence-electron chi connectivity index (χ1n) is 11.9. The molecule has 2 heterocycles. The SMILES string of the molecule is CCCCCCN(CCCCCC)c1ccc(-c2ccc(-c3cccc[n+]3N)s2)cc1. The molecule has 0 amide bonds. The van der Waals surface area contributed by atoms with E-state index in [1.54, 1.807) is 16.0 Å². The highest BCUT2D eigenvalue weighted by Gasteiger charge is 2.14. The number of aromatic nitrogens is 1. The Morgan fingerprint density at radius 1 is 0.742 bits per heavy atom. The normalized spacial score (nSPS) is 11.0. The molecule has 0 radical (unpaired) electrons. The molecule has 0 aliphatic rings. The van der Waals surface area contributed by atoms with Gasteiger partial charge in [0.25, 0.3) is 5.69 Å². The molecule has 0 bridgehead atoms. The van der Waals surface area contributed by atoms with Gasteiger partial charge >= 0.3 is 0 Å². The van der Waals surface area contributed by atoms with Crippen molar-refractivity contribution < 1.29 is 4.68 Å². The molecule has 3 rings (SSSR count). The Balaban J connectivity index is 1.69. The number of rotatable bonds is 13. The lowest BCUT2D eigenvalue weighted by Gasteiger charge is -2.25. The lowest BCUT2D eigenvalue weighted by atomic mass is 10.1. The van der Waals surface area contributed by atoms with Crippen LogP contribution >= 0.6 is 11.3 Å². The van der Waals surface area contributed by atoms with Crippen LogP contribution in [-0.2, 0) is 0 Å². The minimum atomic E-state index is 1.04. The first kappa shape index (κ1) is 23.3. The van der Waals surface area contributed by atoms with Crippen molar-refractivity contribution in [2.75, 3.05) is 23.8 Å². The van der Waals surface area contributed by atoms with E-state index in [1.165, 1.54) is 85.5 Å². The van der Waals surface area contributed by atoms with Gasteiger partial charge in [0, 0.05) is 35.8 Å². The molecule has 0 atom stereocenters. The van der Waals surface area contributed by atoms with Gasteiger partial charge in [0.15, 0.2) is 6.20 Å². The van der Waals surface area contributed by atoms with E-state index in [0.717, 1.165) is 5.69 Å². The largest absolute Gasteiger partial charge is 0.372 e. The molecule has 0 spiro atoms. The number of hydrogen-bond donors (Lipinski definition) is 1. The van der Waals surface area contributed by atoms with Gasteiger partial charge in [-0.05, 0) is 48.7 Å². The van der Waals surface area contributed by atoms with Crippen LogP contribution in [-0.4, -0.2) is 13.1 Å². The minimum Gasteiger partial charge on any atom is -0.372 e. The molecule has 166 valence electrons. The van der Waals surface area contributed by atoms with Crippen molar-refractivity contribution in [2.24, 2.45) is 0 Å². The lowest BCUT2D eigenvalue weighted by molar-refractivity contribution is -0.627. The number of nitrogen functional groups attached to an aromatic ring is 1. The van der Waals surface area contributed by atoms with Crippen LogP contribution in [0.25, 0.3) is 21.0 Å². The van der Waals surface area contributed by atoms with Gasteiger partial charge in [-0.15, -0.1) is 11.3 Å². The molecule has 0 unspecified atom stereocenters. The summed E-state index contributed by atoms with van der Waals surface area (Å²) < 4.78 is 1.69. The van der Waals surface area contributed by atoms with Gasteiger partial charge in [-0.2, -0.15) is 0 Å². The quantitative estimate of drug-likeness (QED) is 0.177. The maximum Gasteiger partial charge on any atom is 0.251 e. The van der Waals surface area contributed by atoms with E-state index >= 15 is 0 Å². The molecule has 0 fully saturated rings. The van der Waals surface area contributed by atoms with Crippen LogP contribution in [0.5, 0.6) is 0 Å². The third-order valence-corrected chi connectivity index (χ3v) is 6.99. The summed E-state index contributed by atoms with van der Waals surface area (Å²) in [6.07, 6.45) is 12.4. The van der Waals surface area contributed by atoms with Crippen molar-refractivity contribution in [3.8, 4) is 21.0 Å². The zero-order valence-corrected chi connectivity index (χ0v) is 20.0. The molecule has 3 aromatic rings. The van der Waals surface area contributed by atoms with E-state index in [1.807, 2.05) is 18.3 Å². The molecule has 2 aromatic heterocycles. The van der Waals surface area contributed by atoms with E-state index in [9.17, 15) is 0 Å². The average Bonchev–Trinajstić information content (AvgIpc) is 3.28. The topological polar surface area (TPSA) is 33.1 Å². The monoisotopic (exact) mass is 436 g/mol. The smallest absolute Gasteiger partial charge is 0.251 e. The number of hydrogen-bond acceptors (Lipinski definition) is 3. The summed E-state index contributed by atoms with van der Waals surface area (Å²) >= 11 is 1.79. The third kappa shape index (κ3) is 6.83. The fourth-order valence-corrected chi connectivity index (χ4v) is 5.00. The maximum absolute atomic E-state index is 6.09. The molecule has 31 heavy (non-hydrogen) atoms. The van der Waals surface area contributed by atoms with E-state index < -0.39 is 0 Å². The summed E-state index contributed by atoms with van der Waals surface area (Å²) in [4.78, 5) is 5.06. The van der Waals surface area contributed by atoms with Crippen LogP contribution in [0.15, 0.2) is 60.8 Å². The van der Waals surface area contributed by atoms with Crippen LogP contribution in [0.1, 0.15) is 65.2 Å². The molecule has 2 N–H and O–H groups in total. The van der Waals surface area contributed by atoms with Crippen molar-refractivity contribution in [2.45, 2.75) is 65.2 Å². The number of thiophene rings is 1. The molecule has 0 saturated carbocycles. The zero-order chi connectivity index (χ0) is 21.9. The Kier molecular flexibility index (Phi) is 9.41. The van der Waals surface area contributed by atoms with Crippen LogP contribution < -0.4 is 15.4 Å². The number of nitrogens with two attached hydrogens (primary N) is 1. The molecule has 1 aromatic carbocycles. The van der Waals surface area contributed by atoms with Crippen molar-refractivity contribution in [3.05, 3.63) is 60.8 Å². The summed E-state index contributed by atoms with van der Waals surface area (Å²) in [6.45, 7) is 6.89. The average molecular weight is 437 g/mol. The lowest BCUT2D eigenvalue weighted by Crippen LogP contribution is -2.45. The van der Waals surface area contributed by atoms with Gasteiger partial charge in [-0.3, -0.25) is 0 Å². The van der Waals surface area contributed by atoms with Gasteiger partial charge in [0.1, 0.15) is 4.88 Å². The number of nitrogens with zero attached hydrogens (tertiary/aromatic N) is 2. The molecule has 0 saturated heterocycles. The molecule has 4 heteroatoms. The second-order valence-electron chi connectivity index (χ2n) is 8.31. The second kappa shape index (κ2) is 12.5. The van der Waals surface area contributed by atoms with Gasteiger partial charge in [-0.1, -0.05) is 69.2 Å². The fraction of sp³-hybridized carbons (Fsp3) is 0.444. The Morgan fingerprint density at radius 3 is 2.00 bits per heavy atom. The van der Waals surface area contributed by atoms with Crippen LogP contribution in [0.4, 0.5) is 5.69 Å². The summed E-state index contributed by atoms with van der Waals surface area (Å²) in [7, 11) is 0. The van der Waals surface area contributed by atoms with E-state index in [4.69, 9.17) is 5.84 Å². The highest BCUT2D eigenvalue weighted by Crippen LogP contribution is 2.34. The van der Waals surface area contributed by atoms with Crippen molar-refractivity contribution in [1.82, 2.24) is 0 Å². The Labute approximate surface area is 192 Å². The fourth-order valence-electron chi connectivity index (χ4n) is 3.96. The molecule has 3 nitrogen and oxygen atoms in total. The van der Waals surface area contributed by atoms with Crippen LogP contribution in [0.3, 0.4) is 0 Å². The van der Waals surface area contributed by atoms with Crippen LogP contribution in [0.2, 0.25) is 0 Å². The number of benzene rings is 1. The Bertz CT molecular complexity index is 889. The Morgan fingerprint density at radius 2 is 1.39 bits per heavy atom. The summed E-state index contributed by atoms with van der Waals surface area (Å²) in [6, 6.07) is 19.6. The van der Waals surface area contributed by atoms with Crippen molar-refractivity contribution in [1.29, 1.82) is 0 Å². The van der Waals surface area contributed by atoms with Gasteiger partial charge in [0.2, 0.25) is 0 Å². The predicted molar refractivity (Wildman–Crippen MR) is 136 cm³/mol. The number of anilines is 1. The van der Waals surface area contributed by atoms with E-state index in [2.05, 4.69) is 61.2 Å². The first-order valence-corrected chi connectivity index (χ1v) is 12.8. The number of unbranched alkanes of at least 4 members (excludes halogenated alkanes) is 6. The van der Waals surface area contributed by atoms with Crippen LogP contribution in [0, 0.1) is 0 Å². The summed E-state index contributed by atoms with van der Waals surface area (Å²) in [5.41, 5.74) is 3.67. The molecule has 0 aliphatic heterocycles.